The number of hydrogen-bond acceptors (Lipinski definition) is 4. The minimum atomic E-state index is -6.51. The van der Waals surface area contributed by atoms with Crippen LogP contribution < -0.4 is 84.9 Å². The Balaban J connectivity index is 1.32. The molecule has 536 valence electrons. The first-order chi connectivity index (χ1) is 53.4. The van der Waals surface area contributed by atoms with Crippen molar-refractivity contribution in [3.05, 3.63) is 481 Å². The molecule has 0 fully saturated rings. The van der Waals surface area contributed by atoms with Gasteiger partial charge in [-0.15, -0.1) is 0 Å². The molecule has 0 aliphatic heterocycles. The first-order valence-electron chi connectivity index (χ1n) is 36.1. The molecule has 0 saturated heterocycles. The van der Waals surface area contributed by atoms with E-state index in [2.05, 4.69) is 413 Å². The molecular weight excluding hydrogens is 1510 g/mol. The van der Waals surface area contributed by atoms with Crippen LogP contribution in [-0.4, -0.2) is 9.05 Å². The maximum absolute atomic E-state index is 10.5. The molecule has 0 heterocycles. The van der Waals surface area contributed by atoms with Crippen molar-refractivity contribution in [1.29, 1.82) is 0 Å². The third-order valence-electron chi connectivity index (χ3n) is 21.4. The summed E-state index contributed by atoms with van der Waals surface area (Å²) in [5.41, 5.74) is 0. The fourth-order valence-electron chi connectivity index (χ4n) is 16.9. The molecule has 0 bridgehead atoms. The van der Waals surface area contributed by atoms with Gasteiger partial charge in [-0.1, -0.05) is 0 Å². The summed E-state index contributed by atoms with van der Waals surface area (Å²) in [7, 11) is -6.51. The average Bonchev–Trinajstić information content (AvgIpc) is 0.642. The normalized spacial score (nSPS) is 14.0. The maximum atomic E-state index is 10.5. The predicted molar refractivity (Wildman–Crippen MR) is 475 cm³/mol. The summed E-state index contributed by atoms with van der Waals surface area (Å²) >= 11 is 29.8. The number of benzene rings is 16. The van der Waals surface area contributed by atoms with E-state index in [-0.39, 0.29) is 0 Å². The van der Waals surface area contributed by atoms with E-state index in [4.69, 9.17) is 46.4 Å². The number of rotatable bonds is 24. The van der Waals surface area contributed by atoms with Crippen LogP contribution in [0.2, 0.25) is 20.1 Å². The molecule has 0 saturated carbocycles. The van der Waals surface area contributed by atoms with Gasteiger partial charge in [0.1, 0.15) is 0 Å². The molecule has 0 spiro atoms. The first kappa shape index (κ1) is 73.6. The molecular formula is C96H76Cl4O4P4Si. The Kier molecular flexibility index (Phi) is 20.3. The number of halogens is 4. The van der Waals surface area contributed by atoms with E-state index in [1.54, 1.807) is 0 Å². The minimum absolute atomic E-state index is 0.515. The van der Waals surface area contributed by atoms with Crippen molar-refractivity contribution >= 4 is 168 Å². The van der Waals surface area contributed by atoms with E-state index in [1.807, 2.05) is 48.5 Å². The molecule has 0 aliphatic rings. The SMILES string of the molecule is Clc1ccc(P(O[Si](OP(c2ccccc2)(c2ccccc2)(c2ccccc2)c2ccc(Cl)cc2)(OP(c2ccccc2)(c2ccccc2)(c2ccccc2)c2ccc(Cl)cc2)OP(c2ccccc2)(c2ccccc2)(c2ccccc2)c2ccc(Cl)cc2)(c2ccccc2)(c2ccccc2)c2ccccc2)cc1. The Morgan fingerprint density at radius 3 is 0.321 bits per heavy atom. The molecule has 16 rings (SSSR count). The van der Waals surface area contributed by atoms with Gasteiger partial charge in [0.05, 0.1) is 0 Å². The van der Waals surface area contributed by atoms with E-state index >= 15 is 0 Å². The Hall–Kier alpha value is -9.54. The molecule has 16 aromatic carbocycles. The first-order valence-corrected chi connectivity index (χ1v) is 47.9. The molecule has 0 radical (unpaired) electrons. The molecule has 4 nitrogen and oxygen atoms in total. The molecule has 16 aromatic rings. The van der Waals surface area contributed by atoms with Crippen molar-refractivity contribution in [1.82, 2.24) is 0 Å². The van der Waals surface area contributed by atoms with Crippen LogP contribution >= 0.6 is 73.7 Å². The van der Waals surface area contributed by atoms with Crippen molar-refractivity contribution in [3.63, 3.8) is 0 Å². The van der Waals surface area contributed by atoms with Crippen molar-refractivity contribution in [3.8, 4) is 0 Å². The topological polar surface area (TPSA) is 36.9 Å². The Morgan fingerprint density at radius 2 is 0.220 bits per heavy atom. The van der Waals surface area contributed by atoms with E-state index in [9.17, 15) is 16.9 Å². The number of hydrogen-bond donors (Lipinski definition) is 0. The van der Waals surface area contributed by atoms with E-state index < -0.39 is 36.4 Å². The third kappa shape index (κ3) is 11.5. The van der Waals surface area contributed by atoms with Gasteiger partial charge in [-0.25, -0.2) is 0 Å². The van der Waals surface area contributed by atoms with Crippen LogP contribution in [0.5, 0.6) is 0 Å². The van der Waals surface area contributed by atoms with Gasteiger partial charge in [-0.3, -0.25) is 0 Å². The van der Waals surface area contributed by atoms with Crippen molar-refractivity contribution < 1.29 is 16.9 Å². The van der Waals surface area contributed by atoms with Crippen LogP contribution in [0.3, 0.4) is 0 Å². The summed E-state index contributed by atoms with van der Waals surface area (Å²) in [4.78, 5) is 0. The molecule has 109 heavy (non-hydrogen) atoms. The van der Waals surface area contributed by atoms with Gasteiger partial charge >= 0.3 is 666 Å². The molecule has 0 aromatic heterocycles. The molecule has 0 aliphatic carbocycles. The van der Waals surface area contributed by atoms with Crippen LogP contribution in [0, 0.1) is 0 Å². The Bertz CT molecular complexity index is 4620. The van der Waals surface area contributed by atoms with Gasteiger partial charge < -0.3 is 0 Å². The second kappa shape index (κ2) is 30.0. The van der Waals surface area contributed by atoms with Gasteiger partial charge in [0.15, 0.2) is 0 Å². The van der Waals surface area contributed by atoms with Crippen LogP contribution in [-0.2, 0) is 16.9 Å². The zero-order chi connectivity index (χ0) is 74.4. The standard InChI is InChI=1S/C96H76Cl4O4P4Si/c97-77-61-69-93(70-62-77)105(81-37-13-1-14-38-81,82-39-15-2-16-40-82,83-41-17-3-18-42-83)101-109(102-106(84-43-19-4-20-44-84,85-45-21-5-22-46-85,86-47-23-6-24-48-86)94-71-63-78(98)64-72-94,103-107(87-49-25-7-26-50-87,88-51-27-8-28-52-88,89-53-29-9-30-54-89)95-73-65-79(99)66-74-95)104-108(90-55-31-10-32-56-90,91-57-33-11-34-58-91,92-59-35-12-36-60-92)96-75-67-80(100)68-76-96/h1-76H. The molecule has 0 atom stereocenters. The Labute approximate surface area is 660 Å². The molecule has 0 amide bonds. The third-order valence-corrected chi connectivity index (χ3v) is 52.4. The second-order valence-electron chi connectivity index (χ2n) is 26.9. The molecule has 13 heteroatoms. The fourth-order valence-corrected chi connectivity index (χ4v) is 52.8. The summed E-state index contributed by atoms with van der Waals surface area (Å²) in [5, 5.41) is 14.6. The van der Waals surface area contributed by atoms with E-state index in [1.165, 1.54) is 0 Å². The van der Waals surface area contributed by atoms with E-state index in [0.717, 1.165) is 84.9 Å². The van der Waals surface area contributed by atoms with Crippen molar-refractivity contribution in [2.24, 2.45) is 0 Å². The van der Waals surface area contributed by atoms with Gasteiger partial charge in [0, 0.05) is 0 Å². The monoisotopic (exact) mass is 1580 g/mol. The van der Waals surface area contributed by atoms with Crippen LogP contribution in [0.25, 0.3) is 0 Å². The van der Waals surface area contributed by atoms with Gasteiger partial charge in [0.25, 0.3) is 0 Å². The van der Waals surface area contributed by atoms with Crippen molar-refractivity contribution in [2.45, 2.75) is 0 Å². The summed E-state index contributed by atoms with van der Waals surface area (Å²) in [5.74, 6) is 0. The van der Waals surface area contributed by atoms with E-state index in [0.29, 0.717) is 20.1 Å². The molecule has 0 N–H and O–H groups in total. The summed E-state index contributed by atoms with van der Waals surface area (Å²) < 4.78 is 42.2. The van der Waals surface area contributed by atoms with Crippen molar-refractivity contribution in [2.75, 3.05) is 0 Å². The average molecular weight is 1590 g/mol. The molecule has 0 unspecified atom stereocenters. The quantitative estimate of drug-likeness (QED) is 0.0446. The van der Waals surface area contributed by atoms with Crippen LogP contribution in [0.1, 0.15) is 0 Å². The predicted octanol–water partition coefficient (Wildman–Crippen LogP) is 19.2. The second-order valence-corrected chi connectivity index (χ2v) is 49.2. The fraction of sp³-hybridized carbons (Fsp3) is 0. The summed E-state index contributed by atoms with van der Waals surface area (Å²) in [6, 6.07) is 161. The Morgan fingerprint density at radius 1 is 0.128 bits per heavy atom. The van der Waals surface area contributed by atoms with Crippen LogP contribution in [0.4, 0.5) is 0 Å². The zero-order valence-electron chi connectivity index (χ0n) is 59.3. The van der Waals surface area contributed by atoms with Gasteiger partial charge in [-0.2, -0.15) is 0 Å². The van der Waals surface area contributed by atoms with Gasteiger partial charge in [-0.05, 0) is 0 Å². The van der Waals surface area contributed by atoms with Gasteiger partial charge in [0.2, 0.25) is 0 Å². The van der Waals surface area contributed by atoms with Crippen LogP contribution in [0.15, 0.2) is 461 Å². The zero-order valence-corrected chi connectivity index (χ0v) is 66.9. The summed E-state index contributed by atoms with van der Waals surface area (Å²) in [6.07, 6.45) is 0. The summed E-state index contributed by atoms with van der Waals surface area (Å²) in [6.45, 7) is -22.5.